The maximum Gasteiger partial charge on any atom is 0.313 e. The Balaban J connectivity index is 3.77. The first-order valence-electron chi connectivity index (χ1n) is 4.10. The van der Waals surface area contributed by atoms with Crippen LogP contribution in [-0.4, -0.2) is 20.5 Å². The molecule has 0 saturated carbocycles. The second-order valence-corrected chi connectivity index (χ2v) is 4.47. The van der Waals surface area contributed by atoms with Crippen LogP contribution in [0.5, 0.6) is 5.75 Å². The Hall–Kier alpha value is -2.18. The van der Waals surface area contributed by atoms with E-state index in [2.05, 4.69) is 4.74 Å². The Morgan fingerprint density at radius 2 is 2.12 bits per heavy atom. The van der Waals surface area contributed by atoms with E-state index in [4.69, 9.17) is 10.4 Å². The molecule has 0 aromatic heterocycles. The number of nitriles is 1. The zero-order chi connectivity index (χ0) is 13.2. The SMILES string of the molecule is COc1c([N+](=O)[O-])cc(C#N)cc1S(N)(=O)=O. The summed E-state index contributed by atoms with van der Waals surface area (Å²) in [7, 11) is -3.14. The number of nitrogens with zero attached hydrogens (tertiary/aromatic N) is 2. The average molecular weight is 257 g/mol. The predicted molar refractivity (Wildman–Crippen MR) is 55.7 cm³/mol. The highest BCUT2D eigenvalue weighted by atomic mass is 32.2. The molecular formula is C8H7N3O5S. The van der Waals surface area contributed by atoms with Gasteiger partial charge in [-0.25, -0.2) is 13.6 Å². The molecule has 0 saturated heterocycles. The first kappa shape index (κ1) is 12.9. The molecule has 1 aromatic rings. The minimum absolute atomic E-state index is 0.193. The van der Waals surface area contributed by atoms with Gasteiger partial charge in [-0.1, -0.05) is 0 Å². The lowest BCUT2D eigenvalue weighted by Crippen LogP contribution is -2.14. The molecule has 0 unspecified atom stereocenters. The Kier molecular flexibility index (Phi) is 3.31. The van der Waals surface area contributed by atoms with Gasteiger partial charge in [-0.3, -0.25) is 10.1 Å². The number of nitro groups is 1. The molecular weight excluding hydrogens is 250 g/mol. The smallest absolute Gasteiger partial charge is 0.313 e. The highest BCUT2D eigenvalue weighted by molar-refractivity contribution is 7.89. The maximum absolute atomic E-state index is 11.2. The number of nitrogens with two attached hydrogens (primary N) is 1. The van der Waals surface area contributed by atoms with Crippen molar-refractivity contribution >= 4 is 15.7 Å². The Morgan fingerprint density at radius 1 is 1.53 bits per heavy atom. The lowest BCUT2D eigenvalue weighted by Gasteiger charge is -2.07. The predicted octanol–water partition coefficient (Wildman–Crippen LogP) is 0.122. The number of benzene rings is 1. The molecule has 0 spiro atoms. The van der Waals surface area contributed by atoms with Gasteiger partial charge in [0.2, 0.25) is 15.8 Å². The van der Waals surface area contributed by atoms with Gasteiger partial charge in [-0.2, -0.15) is 5.26 Å². The van der Waals surface area contributed by atoms with Crippen LogP contribution < -0.4 is 9.88 Å². The Morgan fingerprint density at radius 3 is 2.47 bits per heavy atom. The molecule has 0 aliphatic heterocycles. The molecule has 8 nitrogen and oxygen atoms in total. The molecule has 0 bridgehead atoms. The van der Waals surface area contributed by atoms with Crippen molar-refractivity contribution in [1.82, 2.24) is 0 Å². The molecule has 0 fully saturated rings. The number of hydrogen-bond donors (Lipinski definition) is 1. The molecule has 9 heteroatoms. The van der Waals surface area contributed by atoms with Crippen molar-refractivity contribution in [1.29, 1.82) is 5.26 Å². The molecule has 1 rings (SSSR count). The van der Waals surface area contributed by atoms with Gasteiger partial charge < -0.3 is 4.74 Å². The molecule has 2 N–H and O–H groups in total. The quantitative estimate of drug-likeness (QED) is 0.603. The molecule has 0 amide bonds. The normalized spacial score (nSPS) is 10.6. The first-order valence-corrected chi connectivity index (χ1v) is 5.65. The van der Waals surface area contributed by atoms with Crippen LogP contribution in [0.2, 0.25) is 0 Å². The first-order chi connectivity index (χ1) is 7.81. The summed E-state index contributed by atoms with van der Waals surface area (Å²) < 4.78 is 27.1. The molecule has 1 aromatic carbocycles. The molecule has 17 heavy (non-hydrogen) atoms. The van der Waals surface area contributed by atoms with Crippen molar-refractivity contribution in [2.45, 2.75) is 4.90 Å². The summed E-state index contributed by atoms with van der Waals surface area (Å²) in [5.41, 5.74) is -0.822. The second kappa shape index (κ2) is 4.36. The van der Waals surface area contributed by atoms with Crippen molar-refractivity contribution in [3.05, 3.63) is 27.8 Å². The van der Waals surface area contributed by atoms with E-state index in [1.807, 2.05) is 0 Å². The number of sulfonamides is 1. The van der Waals surface area contributed by atoms with Crippen molar-refractivity contribution in [2.75, 3.05) is 7.11 Å². The summed E-state index contributed by atoms with van der Waals surface area (Å²) in [4.78, 5) is 9.26. The van der Waals surface area contributed by atoms with Crippen molar-refractivity contribution < 1.29 is 18.1 Å². The highest BCUT2D eigenvalue weighted by Gasteiger charge is 2.26. The van der Waals surface area contributed by atoms with Crippen molar-refractivity contribution in [3.8, 4) is 11.8 Å². The highest BCUT2D eigenvalue weighted by Crippen LogP contribution is 2.34. The summed E-state index contributed by atoms with van der Waals surface area (Å²) in [6.45, 7) is 0. The van der Waals surface area contributed by atoms with Crippen LogP contribution >= 0.6 is 0 Å². The fourth-order valence-electron chi connectivity index (χ4n) is 1.20. The lowest BCUT2D eigenvalue weighted by molar-refractivity contribution is -0.386. The minimum atomic E-state index is -4.21. The van der Waals surface area contributed by atoms with Gasteiger partial charge >= 0.3 is 5.69 Å². The van der Waals surface area contributed by atoms with E-state index in [-0.39, 0.29) is 5.56 Å². The molecule has 90 valence electrons. The average Bonchev–Trinajstić information content (AvgIpc) is 2.25. The van der Waals surface area contributed by atoms with Crippen LogP contribution in [0.3, 0.4) is 0 Å². The monoisotopic (exact) mass is 257 g/mol. The third kappa shape index (κ3) is 2.49. The van der Waals surface area contributed by atoms with E-state index in [1.54, 1.807) is 6.07 Å². The van der Waals surface area contributed by atoms with E-state index >= 15 is 0 Å². The second-order valence-electron chi connectivity index (χ2n) is 2.94. The van der Waals surface area contributed by atoms with Crippen LogP contribution in [0.25, 0.3) is 0 Å². The van der Waals surface area contributed by atoms with E-state index in [9.17, 15) is 18.5 Å². The number of primary sulfonamides is 1. The van der Waals surface area contributed by atoms with E-state index in [0.717, 1.165) is 19.2 Å². The fraction of sp³-hybridized carbons (Fsp3) is 0.125. The fourth-order valence-corrected chi connectivity index (χ4v) is 1.94. The lowest BCUT2D eigenvalue weighted by atomic mass is 10.2. The number of ether oxygens (including phenoxy) is 1. The van der Waals surface area contributed by atoms with Crippen LogP contribution in [0.15, 0.2) is 17.0 Å². The molecule has 0 aliphatic rings. The van der Waals surface area contributed by atoms with Crippen LogP contribution in [-0.2, 0) is 10.0 Å². The van der Waals surface area contributed by atoms with Gasteiger partial charge in [-0.15, -0.1) is 0 Å². The number of hydrogen-bond acceptors (Lipinski definition) is 6. The number of nitro benzene ring substituents is 1. The van der Waals surface area contributed by atoms with E-state index in [0.29, 0.717) is 0 Å². The van der Waals surface area contributed by atoms with Crippen molar-refractivity contribution in [2.24, 2.45) is 5.14 Å². The van der Waals surface area contributed by atoms with Crippen LogP contribution in [0.4, 0.5) is 5.69 Å². The minimum Gasteiger partial charge on any atom is -0.489 e. The largest absolute Gasteiger partial charge is 0.489 e. The van der Waals surface area contributed by atoms with Gasteiger partial charge in [-0.05, 0) is 6.07 Å². The van der Waals surface area contributed by atoms with Gasteiger partial charge in [0.1, 0.15) is 4.90 Å². The van der Waals surface area contributed by atoms with Gasteiger partial charge in [0.25, 0.3) is 0 Å². The Bertz CT molecular complexity index is 617. The zero-order valence-electron chi connectivity index (χ0n) is 8.58. The summed E-state index contributed by atoms with van der Waals surface area (Å²) in [5.74, 6) is -0.489. The zero-order valence-corrected chi connectivity index (χ0v) is 9.39. The van der Waals surface area contributed by atoms with Crippen LogP contribution in [0, 0.1) is 21.4 Å². The summed E-state index contributed by atoms with van der Waals surface area (Å²) in [5, 5.41) is 24.2. The maximum atomic E-state index is 11.2. The topological polar surface area (TPSA) is 136 Å². The third-order valence-electron chi connectivity index (χ3n) is 1.87. The Labute approximate surface area is 96.4 Å². The number of rotatable bonds is 3. The van der Waals surface area contributed by atoms with E-state index in [1.165, 1.54) is 0 Å². The molecule has 0 radical (unpaired) electrons. The van der Waals surface area contributed by atoms with Crippen molar-refractivity contribution in [3.63, 3.8) is 0 Å². The summed E-state index contributed by atoms with van der Waals surface area (Å²) in [6.07, 6.45) is 0. The third-order valence-corrected chi connectivity index (χ3v) is 2.79. The molecule has 0 atom stereocenters. The van der Waals surface area contributed by atoms with E-state index < -0.39 is 31.3 Å². The molecule has 0 heterocycles. The standard InChI is InChI=1S/C8H7N3O5S/c1-16-8-6(11(12)13)2-5(4-9)3-7(8)17(10,14)15/h2-3H,1H3,(H2,10,14,15). The number of methoxy groups -OCH3 is 1. The van der Waals surface area contributed by atoms with Gasteiger partial charge in [0.15, 0.2) is 0 Å². The van der Waals surface area contributed by atoms with Gasteiger partial charge in [0, 0.05) is 6.07 Å². The molecule has 0 aliphatic carbocycles. The van der Waals surface area contributed by atoms with Crippen LogP contribution in [0.1, 0.15) is 5.56 Å². The summed E-state index contributed by atoms with van der Waals surface area (Å²) in [6, 6.07) is 3.43. The summed E-state index contributed by atoms with van der Waals surface area (Å²) >= 11 is 0. The van der Waals surface area contributed by atoms with Gasteiger partial charge in [0.05, 0.1) is 23.7 Å².